The van der Waals surface area contributed by atoms with Crippen LogP contribution in [-0.2, 0) is 4.79 Å². The van der Waals surface area contributed by atoms with Crippen LogP contribution in [0.4, 0.5) is 5.69 Å². The number of carboxylic acids is 1. The molecular formula is C12H18N2O2. The van der Waals surface area contributed by atoms with Gasteiger partial charge in [0.05, 0.1) is 6.42 Å². The monoisotopic (exact) mass is 222 g/mol. The fraction of sp³-hybridized carbons (Fsp3) is 0.417. The molecule has 0 aliphatic heterocycles. The largest absolute Gasteiger partial charge is 0.481 e. The molecular weight excluding hydrogens is 204 g/mol. The van der Waals surface area contributed by atoms with Gasteiger partial charge in [0.1, 0.15) is 0 Å². The molecule has 0 radical (unpaired) electrons. The van der Waals surface area contributed by atoms with Gasteiger partial charge in [-0.1, -0.05) is 17.7 Å². The van der Waals surface area contributed by atoms with Crippen LogP contribution in [0.5, 0.6) is 0 Å². The minimum absolute atomic E-state index is 0.133. The molecule has 0 amide bonds. The molecule has 4 nitrogen and oxygen atoms in total. The van der Waals surface area contributed by atoms with Gasteiger partial charge >= 0.3 is 5.97 Å². The van der Waals surface area contributed by atoms with E-state index in [0.717, 1.165) is 5.69 Å². The summed E-state index contributed by atoms with van der Waals surface area (Å²) in [6.07, 6.45) is 0.133. The van der Waals surface area contributed by atoms with Crippen LogP contribution in [0.1, 0.15) is 12.0 Å². The zero-order valence-corrected chi connectivity index (χ0v) is 9.52. The van der Waals surface area contributed by atoms with Gasteiger partial charge in [0, 0.05) is 25.3 Å². The Labute approximate surface area is 95.7 Å². The molecule has 0 aromatic heterocycles. The van der Waals surface area contributed by atoms with Crippen molar-refractivity contribution in [1.29, 1.82) is 0 Å². The summed E-state index contributed by atoms with van der Waals surface area (Å²) in [6, 6.07) is 8.01. The van der Waals surface area contributed by atoms with Crippen molar-refractivity contribution >= 4 is 11.7 Å². The van der Waals surface area contributed by atoms with Crippen molar-refractivity contribution in [2.75, 3.05) is 24.5 Å². The lowest BCUT2D eigenvalue weighted by Gasteiger charge is -2.23. The van der Waals surface area contributed by atoms with Gasteiger partial charge < -0.3 is 15.7 Å². The van der Waals surface area contributed by atoms with Gasteiger partial charge in [0.2, 0.25) is 0 Å². The van der Waals surface area contributed by atoms with E-state index in [-0.39, 0.29) is 6.42 Å². The second-order valence-corrected chi connectivity index (χ2v) is 3.76. The van der Waals surface area contributed by atoms with Crippen LogP contribution in [0.25, 0.3) is 0 Å². The zero-order chi connectivity index (χ0) is 12.0. The molecule has 0 saturated carbocycles. The Morgan fingerprint density at radius 2 is 1.94 bits per heavy atom. The third-order valence-corrected chi connectivity index (χ3v) is 2.39. The second kappa shape index (κ2) is 6.12. The Bertz CT molecular complexity index is 335. The molecule has 0 spiro atoms. The topological polar surface area (TPSA) is 66.6 Å². The van der Waals surface area contributed by atoms with E-state index in [9.17, 15) is 4.79 Å². The molecule has 3 N–H and O–H groups in total. The van der Waals surface area contributed by atoms with Gasteiger partial charge in [0.15, 0.2) is 0 Å². The van der Waals surface area contributed by atoms with E-state index in [2.05, 4.69) is 0 Å². The number of nitrogens with zero attached hydrogens (tertiary/aromatic N) is 1. The smallest absolute Gasteiger partial charge is 0.305 e. The van der Waals surface area contributed by atoms with Gasteiger partial charge in [-0.25, -0.2) is 0 Å². The van der Waals surface area contributed by atoms with Crippen molar-refractivity contribution in [2.24, 2.45) is 5.73 Å². The van der Waals surface area contributed by atoms with Crippen molar-refractivity contribution in [1.82, 2.24) is 0 Å². The molecule has 0 unspecified atom stereocenters. The highest BCUT2D eigenvalue weighted by molar-refractivity contribution is 5.67. The number of aryl methyl sites for hydroxylation is 1. The molecule has 1 aromatic carbocycles. The Balaban J connectivity index is 2.68. The summed E-state index contributed by atoms with van der Waals surface area (Å²) in [4.78, 5) is 12.5. The molecule has 1 aromatic rings. The van der Waals surface area contributed by atoms with E-state index in [1.165, 1.54) is 5.56 Å². The Kier molecular flexibility index (Phi) is 4.79. The number of anilines is 1. The van der Waals surface area contributed by atoms with E-state index in [4.69, 9.17) is 10.8 Å². The molecule has 0 bridgehead atoms. The van der Waals surface area contributed by atoms with Crippen LogP contribution in [0.3, 0.4) is 0 Å². The van der Waals surface area contributed by atoms with Crippen molar-refractivity contribution in [3.63, 3.8) is 0 Å². The van der Waals surface area contributed by atoms with Crippen LogP contribution in [0, 0.1) is 6.92 Å². The maximum absolute atomic E-state index is 10.5. The number of carbonyl (C=O) groups is 1. The zero-order valence-electron chi connectivity index (χ0n) is 9.52. The average molecular weight is 222 g/mol. The summed E-state index contributed by atoms with van der Waals surface area (Å²) < 4.78 is 0. The van der Waals surface area contributed by atoms with Gasteiger partial charge in [-0.05, 0) is 19.1 Å². The van der Waals surface area contributed by atoms with Crippen molar-refractivity contribution in [2.45, 2.75) is 13.3 Å². The van der Waals surface area contributed by atoms with E-state index in [1.807, 2.05) is 36.1 Å². The molecule has 16 heavy (non-hydrogen) atoms. The molecule has 0 heterocycles. The van der Waals surface area contributed by atoms with Crippen LogP contribution in [-0.4, -0.2) is 30.7 Å². The summed E-state index contributed by atoms with van der Waals surface area (Å²) in [5, 5.41) is 8.66. The first-order valence-corrected chi connectivity index (χ1v) is 5.37. The highest BCUT2D eigenvalue weighted by Gasteiger charge is 2.07. The summed E-state index contributed by atoms with van der Waals surface area (Å²) in [7, 11) is 0. The number of hydrogen-bond donors (Lipinski definition) is 2. The van der Waals surface area contributed by atoms with E-state index < -0.39 is 5.97 Å². The normalized spacial score (nSPS) is 10.1. The lowest BCUT2D eigenvalue weighted by molar-refractivity contribution is -0.136. The van der Waals surface area contributed by atoms with Gasteiger partial charge in [-0.2, -0.15) is 0 Å². The second-order valence-electron chi connectivity index (χ2n) is 3.76. The third kappa shape index (κ3) is 3.90. The van der Waals surface area contributed by atoms with E-state index in [1.54, 1.807) is 0 Å². The minimum Gasteiger partial charge on any atom is -0.481 e. The van der Waals surface area contributed by atoms with E-state index in [0.29, 0.717) is 19.6 Å². The fourth-order valence-corrected chi connectivity index (χ4v) is 1.51. The molecule has 0 aliphatic carbocycles. The lowest BCUT2D eigenvalue weighted by Crippen LogP contribution is -2.31. The number of aliphatic carboxylic acids is 1. The summed E-state index contributed by atoms with van der Waals surface area (Å²) in [5.74, 6) is -0.783. The molecule has 4 heteroatoms. The maximum atomic E-state index is 10.5. The van der Waals surface area contributed by atoms with Crippen LogP contribution in [0.2, 0.25) is 0 Å². The average Bonchev–Trinajstić information content (AvgIpc) is 2.25. The highest BCUT2D eigenvalue weighted by Crippen LogP contribution is 2.14. The quantitative estimate of drug-likeness (QED) is 0.760. The van der Waals surface area contributed by atoms with Crippen molar-refractivity contribution in [3.05, 3.63) is 29.8 Å². The maximum Gasteiger partial charge on any atom is 0.305 e. The number of rotatable bonds is 6. The Morgan fingerprint density at radius 1 is 1.31 bits per heavy atom. The Morgan fingerprint density at radius 3 is 2.44 bits per heavy atom. The van der Waals surface area contributed by atoms with Crippen molar-refractivity contribution < 1.29 is 9.90 Å². The van der Waals surface area contributed by atoms with Crippen LogP contribution < -0.4 is 10.6 Å². The molecule has 1 rings (SSSR count). The summed E-state index contributed by atoms with van der Waals surface area (Å²) >= 11 is 0. The molecule has 0 saturated heterocycles. The first-order chi connectivity index (χ1) is 7.63. The third-order valence-electron chi connectivity index (χ3n) is 2.39. The fourth-order valence-electron chi connectivity index (χ4n) is 1.51. The van der Waals surface area contributed by atoms with Crippen LogP contribution in [0.15, 0.2) is 24.3 Å². The number of hydrogen-bond acceptors (Lipinski definition) is 3. The standard InChI is InChI=1S/C12H18N2O2/c1-10-2-4-11(5-3-10)14(9-7-13)8-6-12(15)16/h2-5H,6-9,13H2,1H3,(H,15,16). The van der Waals surface area contributed by atoms with Gasteiger partial charge in [-0.15, -0.1) is 0 Å². The molecule has 0 fully saturated rings. The predicted molar refractivity (Wildman–Crippen MR) is 64.7 cm³/mol. The number of benzene rings is 1. The predicted octanol–water partition coefficient (Wildman–Crippen LogP) is 1.23. The van der Waals surface area contributed by atoms with Crippen LogP contribution >= 0.6 is 0 Å². The molecule has 0 atom stereocenters. The number of nitrogens with two attached hydrogens (primary N) is 1. The number of carboxylic acid groups (broad SMARTS) is 1. The molecule has 88 valence electrons. The first-order valence-electron chi connectivity index (χ1n) is 5.37. The SMILES string of the molecule is Cc1ccc(N(CCN)CCC(=O)O)cc1. The Hall–Kier alpha value is -1.55. The lowest BCUT2D eigenvalue weighted by atomic mass is 10.2. The summed E-state index contributed by atoms with van der Waals surface area (Å²) in [5.41, 5.74) is 7.73. The molecule has 0 aliphatic rings. The minimum atomic E-state index is -0.783. The van der Waals surface area contributed by atoms with E-state index >= 15 is 0 Å². The van der Waals surface area contributed by atoms with Gasteiger partial charge in [0.25, 0.3) is 0 Å². The van der Waals surface area contributed by atoms with Gasteiger partial charge in [-0.3, -0.25) is 4.79 Å². The highest BCUT2D eigenvalue weighted by atomic mass is 16.4. The first kappa shape index (κ1) is 12.5. The summed E-state index contributed by atoms with van der Waals surface area (Å²) in [6.45, 7) is 3.72. The van der Waals surface area contributed by atoms with Crippen molar-refractivity contribution in [3.8, 4) is 0 Å².